The highest BCUT2D eigenvalue weighted by molar-refractivity contribution is 5.97. The number of hydrogen-bond acceptors (Lipinski definition) is 7. The Kier molecular flexibility index (Phi) is 9.21. The highest BCUT2D eigenvalue weighted by atomic mass is 16.6. The molecule has 0 spiro atoms. The number of anilines is 1. The van der Waals surface area contributed by atoms with Crippen LogP contribution in [0.2, 0.25) is 0 Å². The first-order valence-corrected chi connectivity index (χ1v) is 12.4. The molecule has 10 heteroatoms. The van der Waals surface area contributed by atoms with Gasteiger partial charge in [0.15, 0.2) is 5.82 Å². The van der Waals surface area contributed by atoms with Crippen molar-refractivity contribution in [2.24, 2.45) is 5.92 Å². The molecule has 1 aromatic heterocycles. The van der Waals surface area contributed by atoms with Gasteiger partial charge in [0.05, 0.1) is 6.61 Å². The normalized spacial score (nSPS) is 14.5. The van der Waals surface area contributed by atoms with Crippen molar-refractivity contribution >= 4 is 23.7 Å². The van der Waals surface area contributed by atoms with E-state index in [-0.39, 0.29) is 29.7 Å². The summed E-state index contributed by atoms with van der Waals surface area (Å²) in [4.78, 5) is 51.0. The van der Waals surface area contributed by atoms with Crippen LogP contribution in [0.4, 0.5) is 10.6 Å². The number of rotatable bonds is 8. The summed E-state index contributed by atoms with van der Waals surface area (Å²) in [5, 5.41) is 6.12. The molecule has 3 rings (SSSR count). The molecule has 2 aromatic rings. The standard InChI is InChI=1S/C26H36N6O4/c1-6-36-26(35)32-14-12-31(13-15-32)25(34)22(17(2)3)30-24(33)20-16-21(27-18(4)5)29-23(28-20)19-10-8-7-9-11-19/h7-11,16-18,22H,6,12-15H2,1-5H3,(H,30,33)(H,27,28,29). The van der Waals surface area contributed by atoms with Crippen LogP contribution in [-0.4, -0.2) is 82.5 Å². The molecule has 0 saturated carbocycles. The molecule has 0 aliphatic carbocycles. The molecule has 0 radical (unpaired) electrons. The van der Waals surface area contributed by atoms with Crippen molar-refractivity contribution in [2.45, 2.75) is 46.7 Å². The van der Waals surface area contributed by atoms with Crippen LogP contribution >= 0.6 is 0 Å². The predicted octanol–water partition coefficient (Wildman–Crippen LogP) is 3.02. The van der Waals surface area contributed by atoms with Gasteiger partial charge in [0.2, 0.25) is 5.91 Å². The summed E-state index contributed by atoms with van der Waals surface area (Å²) >= 11 is 0. The topological polar surface area (TPSA) is 117 Å². The third kappa shape index (κ3) is 6.93. The molecule has 1 aliphatic heterocycles. The largest absolute Gasteiger partial charge is 0.450 e. The van der Waals surface area contributed by atoms with E-state index in [1.807, 2.05) is 58.0 Å². The van der Waals surface area contributed by atoms with Gasteiger partial charge >= 0.3 is 6.09 Å². The smallest absolute Gasteiger partial charge is 0.409 e. The lowest BCUT2D eigenvalue weighted by Gasteiger charge is -2.36. The molecule has 194 valence electrons. The molecular formula is C26H36N6O4. The zero-order valence-electron chi connectivity index (χ0n) is 21.7. The van der Waals surface area contributed by atoms with Crippen molar-refractivity contribution in [1.82, 2.24) is 25.1 Å². The first-order valence-electron chi connectivity index (χ1n) is 12.4. The summed E-state index contributed by atoms with van der Waals surface area (Å²) in [5.74, 6) is 0.187. The van der Waals surface area contributed by atoms with Crippen molar-refractivity contribution in [3.63, 3.8) is 0 Å². The first kappa shape index (κ1) is 26.9. The van der Waals surface area contributed by atoms with Crippen LogP contribution in [0.1, 0.15) is 45.1 Å². The lowest BCUT2D eigenvalue weighted by atomic mass is 10.0. The summed E-state index contributed by atoms with van der Waals surface area (Å²) in [5.41, 5.74) is 0.965. The quantitative estimate of drug-likeness (QED) is 0.577. The van der Waals surface area contributed by atoms with Gasteiger partial charge in [-0.25, -0.2) is 14.8 Å². The third-order valence-corrected chi connectivity index (χ3v) is 5.76. The highest BCUT2D eigenvalue weighted by Crippen LogP contribution is 2.19. The van der Waals surface area contributed by atoms with Crippen LogP contribution < -0.4 is 10.6 Å². The van der Waals surface area contributed by atoms with Gasteiger partial charge in [0, 0.05) is 43.9 Å². The summed E-state index contributed by atoms with van der Waals surface area (Å²) in [7, 11) is 0. The minimum atomic E-state index is -0.733. The monoisotopic (exact) mass is 496 g/mol. The molecule has 10 nitrogen and oxygen atoms in total. The van der Waals surface area contributed by atoms with E-state index in [0.717, 1.165) is 5.56 Å². The Morgan fingerprint density at radius 1 is 0.972 bits per heavy atom. The second kappa shape index (κ2) is 12.3. The first-order chi connectivity index (χ1) is 17.2. The summed E-state index contributed by atoms with van der Waals surface area (Å²) in [6.45, 7) is 11.4. The number of nitrogens with zero attached hydrogens (tertiary/aromatic N) is 4. The zero-order valence-corrected chi connectivity index (χ0v) is 21.7. The molecule has 1 atom stereocenters. The van der Waals surface area contributed by atoms with Gasteiger partial charge in [-0.3, -0.25) is 9.59 Å². The summed E-state index contributed by atoms with van der Waals surface area (Å²) in [6, 6.07) is 10.4. The van der Waals surface area contributed by atoms with Crippen molar-refractivity contribution in [1.29, 1.82) is 0 Å². The Balaban J connectivity index is 1.77. The lowest BCUT2D eigenvalue weighted by molar-refractivity contribution is -0.135. The molecule has 1 saturated heterocycles. The van der Waals surface area contributed by atoms with Gasteiger partial charge in [-0.1, -0.05) is 44.2 Å². The fourth-order valence-electron chi connectivity index (χ4n) is 3.90. The molecule has 1 aromatic carbocycles. The van der Waals surface area contributed by atoms with Crippen LogP contribution in [-0.2, 0) is 9.53 Å². The molecule has 2 N–H and O–H groups in total. The average Bonchev–Trinajstić information content (AvgIpc) is 2.86. The maximum Gasteiger partial charge on any atom is 0.409 e. The van der Waals surface area contributed by atoms with Crippen molar-refractivity contribution in [3.05, 3.63) is 42.1 Å². The molecule has 0 bridgehead atoms. The van der Waals surface area contributed by atoms with Crippen LogP contribution in [0.25, 0.3) is 11.4 Å². The van der Waals surface area contributed by atoms with Crippen LogP contribution in [0.3, 0.4) is 0 Å². The third-order valence-electron chi connectivity index (χ3n) is 5.76. The fraction of sp³-hybridized carbons (Fsp3) is 0.500. The van der Waals surface area contributed by atoms with E-state index in [1.54, 1.807) is 22.8 Å². The molecule has 2 heterocycles. The van der Waals surface area contributed by atoms with E-state index < -0.39 is 11.9 Å². The highest BCUT2D eigenvalue weighted by Gasteiger charge is 2.32. The molecule has 1 fully saturated rings. The van der Waals surface area contributed by atoms with E-state index >= 15 is 0 Å². The number of nitrogens with one attached hydrogen (secondary N) is 2. The van der Waals surface area contributed by atoms with E-state index in [1.165, 1.54) is 0 Å². The number of aromatic nitrogens is 2. The minimum Gasteiger partial charge on any atom is -0.450 e. The van der Waals surface area contributed by atoms with Gasteiger partial charge in [-0.15, -0.1) is 0 Å². The Morgan fingerprint density at radius 3 is 2.19 bits per heavy atom. The van der Waals surface area contributed by atoms with Crippen molar-refractivity contribution in [3.8, 4) is 11.4 Å². The number of benzene rings is 1. The zero-order chi connectivity index (χ0) is 26.2. The van der Waals surface area contributed by atoms with Crippen molar-refractivity contribution < 1.29 is 19.1 Å². The van der Waals surface area contributed by atoms with Crippen molar-refractivity contribution in [2.75, 3.05) is 38.1 Å². The fourth-order valence-corrected chi connectivity index (χ4v) is 3.90. The summed E-state index contributed by atoms with van der Waals surface area (Å²) in [6.07, 6.45) is -0.373. The number of piperazine rings is 1. The van der Waals surface area contributed by atoms with E-state index in [0.29, 0.717) is 44.4 Å². The Labute approximate surface area is 212 Å². The molecular weight excluding hydrogens is 460 g/mol. The number of ether oxygens (including phenoxy) is 1. The maximum atomic E-state index is 13.3. The Hall–Kier alpha value is -3.69. The van der Waals surface area contributed by atoms with Gasteiger partial charge in [0.25, 0.3) is 5.91 Å². The van der Waals surface area contributed by atoms with E-state index in [2.05, 4.69) is 20.6 Å². The Bertz CT molecular complexity index is 1050. The maximum absolute atomic E-state index is 13.3. The van der Waals surface area contributed by atoms with Crippen LogP contribution in [0.15, 0.2) is 36.4 Å². The SMILES string of the molecule is CCOC(=O)N1CCN(C(=O)C(NC(=O)c2cc(NC(C)C)nc(-c3ccccc3)n2)C(C)C)CC1. The van der Waals surface area contributed by atoms with E-state index in [4.69, 9.17) is 4.74 Å². The second-order valence-electron chi connectivity index (χ2n) is 9.33. The molecule has 1 aliphatic rings. The molecule has 3 amide bonds. The number of carbonyl (C=O) groups excluding carboxylic acids is 3. The Morgan fingerprint density at radius 2 is 1.61 bits per heavy atom. The van der Waals surface area contributed by atoms with Gasteiger partial charge in [0.1, 0.15) is 17.6 Å². The lowest BCUT2D eigenvalue weighted by Crippen LogP contribution is -2.57. The molecule has 1 unspecified atom stereocenters. The van der Waals surface area contributed by atoms with Crippen LogP contribution in [0.5, 0.6) is 0 Å². The predicted molar refractivity (Wildman–Crippen MR) is 137 cm³/mol. The number of hydrogen-bond donors (Lipinski definition) is 2. The number of carbonyl (C=O) groups is 3. The van der Waals surface area contributed by atoms with Gasteiger partial charge in [-0.2, -0.15) is 0 Å². The molecule has 36 heavy (non-hydrogen) atoms. The average molecular weight is 497 g/mol. The van der Waals surface area contributed by atoms with Gasteiger partial charge in [-0.05, 0) is 26.7 Å². The van der Waals surface area contributed by atoms with E-state index in [9.17, 15) is 14.4 Å². The van der Waals surface area contributed by atoms with Gasteiger partial charge < -0.3 is 25.2 Å². The minimum absolute atomic E-state index is 0.109. The second-order valence-corrected chi connectivity index (χ2v) is 9.33. The summed E-state index contributed by atoms with van der Waals surface area (Å²) < 4.78 is 5.05. The van der Waals surface area contributed by atoms with Crippen LogP contribution in [0, 0.1) is 5.92 Å². The number of amides is 3.